The van der Waals surface area contributed by atoms with Crippen LogP contribution in [0.15, 0.2) is 54.6 Å². The molecule has 0 heterocycles. The molecule has 0 bridgehead atoms. The maximum Gasteiger partial charge on any atom is 0.328 e. The molecule has 2 aromatic rings. The number of carbonyl (C=O) groups is 5. The first kappa shape index (κ1) is 34.5. The van der Waals surface area contributed by atoms with Crippen molar-refractivity contribution in [1.29, 1.82) is 0 Å². The smallest absolute Gasteiger partial charge is 0.328 e. The van der Waals surface area contributed by atoms with Crippen molar-refractivity contribution in [3.8, 4) is 11.5 Å². The number of amides is 3. The third kappa shape index (κ3) is 12.8. The van der Waals surface area contributed by atoms with Gasteiger partial charge in [-0.2, -0.15) is 0 Å². The number of ether oxygens (including phenoxy) is 3. The number of nitrogens with one attached hydrogen (secondary N) is 3. The first-order valence-corrected chi connectivity index (χ1v) is 13.9. The number of benzene rings is 2. The minimum atomic E-state index is -1.11. The van der Waals surface area contributed by atoms with E-state index < -0.39 is 48.3 Å². The summed E-state index contributed by atoms with van der Waals surface area (Å²) in [5, 5.41) is 7.57. The summed E-state index contributed by atoms with van der Waals surface area (Å²) in [5.41, 5.74) is 0.696. The number of halogens is 1. The van der Waals surface area contributed by atoms with Gasteiger partial charge in [0.2, 0.25) is 17.7 Å². The maximum atomic E-state index is 13.0. The molecule has 2 atom stereocenters. The molecular weight excluding hydrogens is 561 g/mol. The molecule has 0 aliphatic heterocycles. The molecule has 0 aromatic heterocycles. The van der Waals surface area contributed by atoms with E-state index in [9.17, 15) is 28.4 Å². The largest absolute Gasteiger partial charge is 0.466 e. The molecule has 43 heavy (non-hydrogen) atoms. The highest BCUT2D eigenvalue weighted by Crippen LogP contribution is 2.22. The minimum Gasteiger partial charge on any atom is -0.466 e. The molecule has 0 unspecified atom stereocenters. The lowest BCUT2D eigenvalue weighted by molar-refractivity contribution is -0.149. The van der Waals surface area contributed by atoms with E-state index in [1.165, 1.54) is 30.3 Å². The van der Waals surface area contributed by atoms with Crippen LogP contribution in [0.5, 0.6) is 11.5 Å². The zero-order chi connectivity index (χ0) is 31.8. The van der Waals surface area contributed by atoms with E-state index in [-0.39, 0.29) is 37.8 Å². The number of rotatable bonds is 16. The minimum absolute atomic E-state index is 0.0332. The summed E-state index contributed by atoms with van der Waals surface area (Å²) in [5.74, 6) is -2.72. The van der Waals surface area contributed by atoms with Crippen LogP contribution in [0.3, 0.4) is 0 Å². The Morgan fingerprint density at radius 2 is 1.47 bits per heavy atom. The Labute approximate surface area is 250 Å². The average molecular weight is 600 g/mol. The van der Waals surface area contributed by atoms with Crippen LogP contribution in [0.1, 0.15) is 46.1 Å². The van der Waals surface area contributed by atoms with Crippen LogP contribution < -0.4 is 20.7 Å². The van der Waals surface area contributed by atoms with E-state index in [4.69, 9.17) is 14.2 Å². The second-order valence-corrected chi connectivity index (χ2v) is 9.62. The summed E-state index contributed by atoms with van der Waals surface area (Å²) in [7, 11) is 0. The van der Waals surface area contributed by atoms with Crippen LogP contribution in [0.25, 0.3) is 6.08 Å². The highest BCUT2D eigenvalue weighted by Gasteiger charge is 2.30. The Kier molecular flexibility index (Phi) is 14.4. The van der Waals surface area contributed by atoms with Crippen LogP contribution in [0.4, 0.5) is 4.39 Å². The molecule has 0 radical (unpaired) electrons. The lowest BCUT2D eigenvalue weighted by Crippen LogP contribution is -2.55. The molecule has 2 rings (SSSR count). The van der Waals surface area contributed by atoms with Gasteiger partial charge < -0.3 is 30.2 Å². The van der Waals surface area contributed by atoms with E-state index in [1.54, 1.807) is 58.0 Å². The van der Waals surface area contributed by atoms with Gasteiger partial charge in [0, 0.05) is 12.5 Å². The van der Waals surface area contributed by atoms with Crippen molar-refractivity contribution in [2.45, 2.75) is 52.6 Å². The lowest BCUT2D eigenvalue weighted by Gasteiger charge is -2.24. The summed E-state index contributed by atoms with van der Waals surface area (Å²) in [6, 6.07) is 10.3. The molecule has 12 heteroatoms. The molecule has 3 amide bonds. The van der Waals surface area contributed by atoms with E-state index in [1.807, 2.05) is 0 Å². The number of carbonyl (C=O) groups excluding carboxylic acids is 5. The highest BCUT2D eigenvalue weighted by molar-refractivity contribution is 5.95. The molecule has 0 saturated carbocycles. The predicted octanol–water partition coefficient (Wildman–Crippen LogP) is 3.28. The van der Waals surface area contributed by atoms with Crippen molar-refractivity contribution in [1.82, 2.24) is 16.0 Å². The molecule has 3 N–H and O–H groups in total. The van der Waals surface area contributed by atoms with Crippen molar-refractivity contribution >= 4 is 35.7 Å². The van der Waals surface area contributed by atoms with Gasteiger partial charge in [-0.1, -0.05) is 26.0 Å². The standard InChI is InChI=1S/C31H38FN3O8/c1-5-41-28(38)18-16-25(31(40)42-6-2)34-30(39)29(20(3)4)35-27(37)19-33-26(36)17-9-21-7-12-23(13-8-21)43-24-14-10-22(32)11-15-24/h7-15,17,20,25,29H,5-6,16,18-19H2,1-4H3,(H,33,36)(H,34,39)(H,35,37)/b17-9+/t25-,29+/m1/s1. The zero-order valence-electron chi connectivity index (χ0n) is 24.7. The van der Waals surface area contributed by atoms with Crippen LogP contribution in [0, 0.1) is 11.7 Å². The molecule has 0 aliphatic rings. The van der Waals surface area contributed by atoms with Gasteiger partial charge in [0.15, 0.2) is 0 Å². The Morgan fingerprint density at radius 3 is 2.05 bits per heavy atom. The summed E-state index contributed by atoms with van der Waals surface area (Å²) in [6.07, 6.45) is 2.66. The molecule has 232 valence electrons. The fraction of sp³-hybridized carbons (Fsp3) is 0.387. The van der Waals surface area contributed by atoms with Crippen molar-refractivity contribution in [3.63, 3.8) is 0 Å². The van der Waals surface area contributed by atoms with Gasteiger partial charge in [0.25, 0.3) is 0 Å². The Bertz CT molecular complexity index is 1260. The van der Waals surface area contributed by atoms with Crippen molar-refractivity contribution in [3.05, 3.63) is 66.0 Å². The molecule has 2 aromatic carbocycles. The second kappa shape index (κ2) is 17.9. The number of hydrogen-bond acceptors (Lipinski definition) is 8. The SMILES string of the molecule is CCOC(=O)CC[C@@H](NC(=O)[C@@H](NC(=O)CNC(=O)/C=C/c1ccc(Oc2ccc(F)cc2)cc1)C(C)C)C(=O)OCC. The first-order chi connectivity index (χ1) is 20.5. The summed E-state index contributed by atoms with van der Waals surface area (Å²) in [6.45, 7) is 6.57. The molecular formula is C31H38FN3O8. The Hall–Kier alpha value is -4.74. The third-order valence-electron chi connectivity index (χ3n) is 5.88. The third-order valence-corrected chi connectivity index (χ3v) is 5.88. The number of esters is 2. The monoisotopic (exact) mass is 599 g/mol. The normalized spacial score (nSPS) is 12.2. The molecule has 0 spiro atoms. The predicted molar refractivity (Wildman–Crippen MR) is 156 cm³/mol. The van der Waals surface area contributed by atoms with E-state index >= 15 is 0 Å². The van der Waals surface area contributed by atoms with E-state index in [0.29, 0.717) is 17.1 Å². The Balaban J connectivity index is 1.88. The summed E-state index contributed by atoms with van der Waals surface area (Å²) >= 11 is 0. The van der Waals surface area contributed by atoms with Crippen molar-refractivity contribution in [2.75, 3.05) is 19.8 Å². The van der Waals surface area contributed by atoms with Gasteiger partial charge in [-0.25, -0.2) is 9.18 Å². The van der Waals surface area contributed by atoms with Crippen molar-refractivity contribution in [2.24, 2.45) is 5.92 Å². The molecule has 0 aliphatic carbocycles. The van der Waals surface area contributed by atoms with Crippen LogP contribution in [0.2, 0.25) is 0 Å². The van der Waals surface area contributed by atoms with Crippen LogP contribution in [-0.4, -0.2) is 61.5 Å². The highest BCUT2D eigenvalue weighted by atomic mass is 19.1. The van der Waals surface area contributed by atoms with E-state index in [0.717, 1.165) is 0 Å². The number of hydrogen-bond donors (Lipinski definition) is 3. The Morgan fingerprint density at radius 1 is 0.860 bits per heavy atom. The summed E-state index contributed by atoms with van der Waals surface area (Å²) < 4.78 is 28.6. The lowest BCUT2D eigenvalue weighted by atomic mass is 10.0. The molecule has 0 fully saturated rings. The summed E-state index contributed by atoms with van der Waals surface area (Å²) in [4.78, 5) is 61.9. The first-order valence-electron chi connectivity index (χ1n) is 13.9. The second-order valence-electron chi connectivity index (χ2n) is 9.62. The van der Waals surface area contributed by atoms with Crippen LogP contribution >= 0.6 is 0 Å². The molecule has 0 saturated heterocycles. The molecule has 11 nitrogen and oxygen atoms in total. The van der Waals surface area contributed by atoms with Gasteiger partial charge in [0.1, 0.15) is 29.4 Å². The fourth-order valence-corrected chi connectivity index (χ4v) is 3.69. The van der Waals surface area contributed by atoms with Gasteiger partial charge in [-0.05, 0) is 74.2 Å². The van der Waals surface area contributed by atoms with Gasteiger partial charge in [0.05, 0.1) is 19.8 Å². The quantitative estimate of drug-likeness (QED) is 0.197. The van der Waals surface area contributed by atoms with Crippen LogP contribution in [-0.2, 0) is 33.4 Å². The van der Waals surface area contributed by atoms with Gasteiger partial charge in [-0.15, -0.1) is 0 Å². The van der Waals surface area contributed by atoms with Crippen molar-refractivity contribution < 1.29 is 42.6 Å². The van der Waals surface area contributed by atoms with E-state index in [2.05, 4.69) is 16.0 Å². The average Bonchev–Trinajstić information content (AvgIpc) is 2.97. The maximum absolute atomic E-state index is 13.0. The topological polar surface area (TPSA) is 149 Å². The fourth-order valence-electron chi connectivity index (χ4n) is 3.69. The van der Waals surface area contributed by atoms with Gasteiger partial charge in [-0.3, -0.25) is 19.2 Å². The zero-order valence-corrected chi connectivity index (χ0v) is 24.7. The van der Waals surface area contributed by atoms with Gasteiger partial charge >= 0.3 is 11.9 Å².